The van der Waals surface area contributed by atoms with Crippen molar-refractivity contribution >= 4 is 5.84 Å². The van der Waals surface area contributed by atoms with E-state index < -0.39 is 0 Å². The highest BCUT2D eigenvalue weighted by atomic mass is 16.5. The molecule has 3 nitrogen and oxygen atoms in total. The number of nitrogens with one attached hydrogen (secondary N) is 1. The number of hydrogen-bond donors (Lipinski definition) is 2. The van der Waals surface area contributed by atoms with Crippen molar-refractivity contribution in [1.82, 2.24) is 0 Å². The molecule has 0 fully saturated rings. The van der Waals surface area contributed by atoms with Crippen LogP contribution >= 0.6 is 0 Å². The second-order valence-corrected chi connectivity index (χ2v) is 4.28. The van der Waals surface area contributed by atoms with Crippen molar-refractivity contribution in [1.29, 1.82) is 5.41 Å². The van der Waals surface area contributed by atoms with Crippen LogP contribution in [0.15, 0.2) is 42.5 Å². The van der Waals surface area contributed by atoms with E-state index >= 15 is 0 Å². The Bertz CT molecular complexity index is 591. The van der Waals surface area contributed by atoms with E-state index in [4.69, 9.17) is 15.9 Å². The van der Waals surface area contributed by atoms with E-state index in [2.05, 4.69) is 6.07 Å². The van der Waals surface area contributed by atoms with Crippen LogP contribution in [0.1, 0.15) is 16.7 Å². The molecule has 2 rings (SSSR count). The van der Waals surface area contributed by atoms with Crippen molar-refractivity contribution in [3.63, 3.8) is 0 Å². The molecule has 3 N–H and O–H groups in total. The van der Waals surface area contributed by atoms with E-state index in [1.54, 1.807) is 6.07 Å². The number of benzene rings is 2. The second-order valence-electron chi connectivity index (χ2n) is 4.28. The molecular formula is C15H16N2O. The molecule has 0 atom stereocenters. The van der Waals surface area contributed by atoms with Gasteiger partial charge in [-0.2, -0.15) is 0 Å². The molecule has 0 saturated carbocycles. The lowest BCUT2D eigenvalue weighted by Gasteiger charge is -2.12. The summed E-state index contributed by atoms with van der Waals surface area (Å²) in [6, 6.07) is 13.3. The molecule has 2 aromatic carbocycles. The van der Waals surface area contributed by atoms with Crippen LogP contribution in [0.25, 0.3) is 0 Å². The monoisotopic (exact) mass is 240 g/mol. The zero-order valence-electron chi connectivity index (χ0n) is 10.5. The van der Waals surface area contributed by atoms with Gasteiger partial charge < -0.3 is 10.5 Å². The van der Waals surface area contributed by atoms with Crippen LogP contribution in [0.4, 0.5) is 0 Å². The largest absolute Gasteiger partial charge is 0.456 e. The first-order valence-electron chi connectivity index (χ1n) is 5.76. The average molecular weight is 240 g/mol. The molecule has 0 heterocycles. The number of aryl methyl sites for hydroxylation is 2. The molecule has 0 bridgehead atoms. The SMILES string of the molecule is Cc1ccc(Oc2ccccc2C(=N)N)c(C)c1. The minimum Gasteiger partial charge on any atom is -0.456 e. The lowest BCUT2D eigenvalue weighted by atomic mass is 10.1. The fraction of sp³-hybridized carbons (Fsp3) is 0.133. The van der Waals surface area contributed by atoms with Crippen molar-refractivity contribution in [2.75, 3.05) is 0 Å². The Morgan fingerprint density at radius 1 is 1.06 bits per heavy atom. The summed E-state index contributed by atoms with van der Waals surface area (Å²) in [5.74, 6) is 1.40. The van der Waals surface area contributed by atoms with Crippen LogP contribution in [0.5, 0.6) is 11.5 Å². The minimum atomic E-state index is 0.00960. The van der Waals surface area contributed by atoms with Gasteiger partial charge in [0.2, 0.25) is 0 Å². The summed E-state index contributed by atoms with van der Waals surface area (Å²) in [4.78, 5) is 0. The standard InChI is InChI=1S/C15H16N2O/c1-10-7-8-13(11(2)9-10)18-14-6-4-3-5-12(14)15(16)17/h3-9H,1-2H3,(H3,16,17). The Hall–Kier alpha value is -2.29. The van der Waals surface area contributed by atoms with Gasteiger partial charge in [-0.25, -0.2) is 0 Å². The fourth-order valence-corrected chi connectivity index (χ4v) is 1.81. The lowest BCUT2D eigenvalue weighted by Crippen LogP contribution is -2.12. The Balaban J connectivity index is 2.37. The second kappa shape index (κ2) is 4.92. The summed E-state index contributed by atoms with van der Waals surface area (Å²) in [5.41, 5.74) is 8.40. The van der Waals surface area contributed by atoms with Crippen LogP contribution in [-0.4, -0.2) is 5.84 Å². The zero-order chi connectivity index (χ0) is 13.1. The number of para-hydroxylation sites is 1. The maximum atomic E-state index is 7.53. The first-order valence-corrected chi connectivity index (χ1v) is 5.76. The number of ether oxygens (including phenoxy) is 1. The molecule has 0 amide bonds. The maximum absolute atomic E-state index is 7.53. The third kappa shape index (κ3) is 2.51. The molecule has 0 saturated heterocycles. The molecule has 0 aromatic heterocycles. The quantitative estimate of drug-likeness (QED) is 0.638. The van der Waals surface area contributed by atoms with E-state index in [0.29, 0.717) is 11.3 Å². The highest BCUT2D eigenvalue weighted by Gasteiger charge is 2.08. The van der Waals surface area contributed by atoms with E-state index in [-0.39, 0.29) is 5.84 Å². The van der Waals surface area contributed by atoms with Gasteiger partial charge in [0.05, 0.1) is 5.56 Å². The lowest BCUT2D eigenvalue weighted by molar-refractivity contribution is 0.477. The number of amidine groups is 1. The predicted molar refractivity (Wildman–Crippen MR) is 73.4 cm³/mol. The fourth-order valence-electron chi connectivity index (χ4n) is 1.81. The van der Waals surface area contributed by atoms with Gasteiger partial charge in [-0.05, 0) is 37.6 Å². The smallest absolute Gasteiger partial charge is 0.138 e. The van der Waals surface area contributed by atoms with E-state index in [1.165, 1.54) is 5.56 Å². The van der Waals surface area contributed by atoms with Crippen LogP contribution in [0.2, 0.25) is 0 Å². The van der Waals surface area contributed by atoms with Gasteiger partial charge in [0.1, 0.15) is 17.3 Å². The van der Waals surface area contributed by atoms with Gasteiger partial charge in [-0.3, -0.25) is 5.41 Å². The number of nitrogen functional groups attached to an aromatic ring is 1. The molecule has 0 aliphatic rings. The Morgan fingerprint density at radius 3 is 2.44 bits per heavy atom. The molecule has 18 heavy (non-hydrogen) atoms. The van der Waals surface area contributed by atoms with Gasteiger partial charge >= 0.3 is 0 Å². The summed E-state index contributed by atoms with van der Waals surface area (Å²) in [7, 11) is 0. The predicted octanol–water partition coefficient (Wildman–Crippen LogP) is 3.38. The maximum Gasteiger partial charge on any atom is 0.138 e. The van der Waals surface area contributed by atoms with E-state index in [0.717, 1.165) is 11.3 Å². The molecular weight excluding hydrogens is 224 g/mol. The minimum absolute atomic E-state index is 0.00960. The molecule has 3 heteroatoms. The average Bonchev–Trinajstić information content (AvgIpc) is 2.33. The normalized spacial score (nSPS) is 10.1. The number of rotatable bonds is 3. The molecule has 0 radical (unpaired) electrons. The van der Waals surface area contributed by atoms with Crippen molar-refractivity contribution in [2.45, 2.75) is 13.8 Å². The number of hydrogen-bond acceptors (Lipinski definition) is 2. The third-order valence-electron chi connectivity index (χ3n) is 2.73. The van der Waals surface area contributed by atoms with Gasteiger partial charge in [-0.1, -0.05) is 29.8 Å². The van der Waals surface area contributed by atoms with Crippen molar-refractivity contribution < 1.29 is 4.74 Å². The first-order chi connectivity index (χ1) is 8.58. The first kappa shape index (κ1) is 12.2. The Kier molecular flexibility index (Phi) is 3.33. The molecule has 0 aliphatic carbocycles. The van der Waals surface area contributed by atoms with Crippen LogP contribution in [0, 0.1) is 19.3 Å². The van der Waals surface area contributed by atoms with Gasteiger partial charge in [0.25, 0.3) is 0 Å². The topological polar surface area (TPSA) is 59.1 Å². The van der Waals surface area contributed by atoms with Crippen molar-refractivity contribution in [3.05, 3.63) is 59.2 Å². The summed E-state index contributed by atoms with van der Waals surface area (Å²) in [5, 5.41) is 7.53. The van der Waals surface area contributed by atoms with Crippen LogP contribution in [-0.2, 0) is 0 Å². The Labute approximate surface area is 107 Å². The Morgan fingerprint density at radius 2 is 1.78 bits per heavy atom. The molecule has 0 aliphatic heterocycles. The molecule has 2 aromatic rings. The highest BCUT2D eigenvalue weighted by Crippen LogP contribution is 2.28. The molecule has 0 unspecified atom stereocenters. The summed E-state index contributed by atoms with van der Waals surface area (Å²) >= 11 is 0. The molecule has 92 valence electrons. The zero-order valence-corrected chi connectivity index (χ0v) is 10.5. The summed E-state index contributed by atoms with van der Waals surface area (Å²) in [6.07, 6.45) is 0. The van der Waals surface area contributed by atoms with Crippen molar-refractivity contribution in [3.8, 4) is 11.5 Å². The molecule has 0 spiro atoms. The van der Waals surface area contributed by atoms with E-state index in [9.17, 15) is 0 Å². The van der Waals surface area contributed by atoms with Gasteiger partial charge in [0, 0.05) is 0 Å². The highest BCUT2D eigenvalue weighted by molar-refractivity contribution is 5.97. The van der Waals surface area contributed by atoms with Crippen LogP contribution < -0.4 is 10.5 Å². The van der Waals surface area contributed by atoms with E-state index in [1.807, 2.05) is 44.2 Å². The summed E-state index contributed by atoms with van der Waals surface area (Å²) < 4.78 is 5.84. The summed E-state index contributed by atoms with van der Waals surface area (Å²) in [6.45, 7) is 4.04. The third-order valence-corrected chi connectivity index (χ3v) is 2.73. The van der Waals surface area contributed by atoms with Gasteiger partial charge in [0.15, 0.2) is 0 Å². The van der Waals surface area contributed by atoms with Gasteiger partial charge in [-0.15, -0.1) is 0 Å². The van der Waals surface area contributed by atoms with Crippen LogP contribution in [0.3, 0.4) is 0 Å². The number of nitrogens with two attached hydrogens (primary N) is 1. The van der Waals surface area contributed by atoms with Crippen molar-refractivity contribution in [2.24, 2.45) is 5.73 Å².